The largest absolute Gasteiger partial charge is 0.298 e. The van der Waals surface area contributed by atoms with Crippen LogP contribution in [0.15, 0.2) is 22.7 Å². The van der Waals surface area contributed by atoms with Gasteiger partial charge in [-0.25, -0.2) is 4.39 Å². The fourth-order valence-electron chi connectivity index (χ4n) is 1.84. The Morgan fingerprint density at radius 1 is 1.47 bits per heavy atom. The van der Waals surface area contributed by atoms with E-state index in [1.807, 2.05) is 6.07 Å². The first-order chi connectivity index (χ1) is 7.16. The van der Waals surface area contributed by atoms with Gasteiger partial charge in [0.1, 0.15) is 5.82 Å². The normalized spacial score (nSPS) is 22.2. The van der Waals surface area contributed by atoms with Crippen LogP contribution in [0.5, 0.6) is 0 Å². The molecule has 1 aliphatic rings. The molecule has 0 aromatic heterocycles. The highest BCUT2D eigenvalue weighted by Crippen LogP contribution is 2.24. The first-order valence-corrected chi connectivity index (χ1v) is 6.67. The van der Waals surface area contributed by atoms with E-state index in [1.54, 1.807) is 6.07 Å². The van der Waals surface area contributed by atoms with E-state index in [0.29, 0.717) is 9.30 Å². The number of hydrogen-bond acceptors (Lipinski definition) is 1. The molecule has 0 amide bonds. The molecule has 2 rings (SSSR count). The van der Waals surface area contributed by atoms with Crippen molar-refractivity contribution in [2.45, 2.75) is 17.8 Å². The van der Waals surface area contributed by atoms with Gasteiger partial charge in [-0.2, -0.15) is 0 Å². The third-order valence-corrected chi connectivity index (χ3v) is 4.28. The summed E-state index contributed by atoms with van der Waals surface area (Å²) in [6, 6.07) is 5.21. The molecule has 1 saturated heterocycles. The molecule has 0 spiro atoms. The Labute approximate surface area is 106 Å². The Bertz CT molecular complexity index is 356. The molecule has 15 heavy (non-hydrogen) atoms. The summed E-state index contributed by atoms with van der Waals surface area (Å²) in [5.74, 6) is -0.179. The van der Waals surface area contributed by atoms with E-state index >= 15 is 0 Å². The van der Waals surface area contributed by atoms with Crippen molar-refractivity contribution in [3.63, 3.8) is 0 Å². The van der Waals surface area contributed by atoms with Crippen LogP contribution in [0.4, 0.5) is 4.39 Å². The Morgan fingerprint density at radius 2 is 2.27 bits per heavy atom. The number of nitrogens with zero attached hydrogens (tertiary/aromatic N) is 1. The lowest BCUT2D eigenvalue weighted by atomic mass is 10.2. The third kappa shape index (κ3) is 2.80. The van der Waals surface area contributed by atoms with Crippen molar-refractivity contribution < 1.29 is 4.39 Å². The minimum Gasteiger partial charge on any atom is -0.298 e. The van der Waals surface area contributed by atoms with Crippen molar-refractivity contribution in [2.24, 2.45) is 0 Å². The molecule has 1 aliphatic heterocycles. The third-order valence-electron chi connectivity index (χ3n) is 2.64. The molecule has 1 aromatic rings. The lowest BCUT2D eigenvalue weighted by Gasteiger charge is -2.16. The molecule has 1 fully saturated rings. The quantitative estimate of drug-likeness (QED) is 0.746. The second-order valence-corrected chi connectivity index (χ2v) is 5.92. The van der Waals surface area contributed by atoms with E-state index in [1.165, 1.54) is 12.5 Å². The van der Waals surface area contributed by atoms with Crippen LogP contribution in [-0.4, -0.2) is 22.8 Å². The summed E-state index contributed by atoms with van der Waals surface area (Å²) in [4.78, 5) is 2.92. The highest BCUT2D eigenvalue weighted by Gasteiger charge is 2.20. The van der Waals surface area contributed by atoms with E-state index < -0.39 is 0 Å². The standard InChI is InChI=1S/C11H12Br2FN/c12-9-4-5-15(7-9)6-8-2-1-3-10(14)11(8)13/h1-3,9H,4-7H2. The number of benzene rings is 1. The Morgan fingerprint density at radius 3 is 2.93 bits per heavy atom. The van der Waals surface area contributed by atoms with Crippen molar-refractivity contribution >= 4 is 31.9 Å². The summed E-state index contributed by atoms with van der Waals surface area (Å²) in [6.45, 7) is 2.95. The van der Waals surface area contributed by atoms with E-state index in [4.69, 9.17) is 0 Å². The average Bonchev–Trinajstić information content (AvgIpc) is 2.59. The summed E-state index contributed by atoms with van der Waals surface area (Å²) in [7, 11) is 0. The van der Waals surface area contributed by atoms with Gasteiger partial charge in [0.2, 0.25) is 0 Å². The zero-order chi connectivity index (χ0) is 10.8. The van der Waals surface area contributed by atoms with Gasteiger partial charge in [-0.3, -0.25) is 4.90 Å². The molecule has 0 N–H and O–H groups in total. The molecule has 0 aliphatic carbocycles. The lowest BCUT2D eigenvalue weighted by Crippen LogP contribution is -2.20. The predicted molar refractivity (Wildman–Crippen MR) is 66.7 cm³/mol. The van der Waals surface area contributed by atoms with E-state index in [0.717, 1.165) is 25.2 Å². The first-order valence-electron chi connectivity index (χ1n) is 4.96. The van der Waals surface area contributed by atoms with Crippen LogP contribution in [0.1, 0.15) is 12.0 Å². The van der Waals surface area contributed by atoms with Crippen LogP contribution < -0.4 is 0 Å². The maximum Gasteiger partial charge on any atom is 0.137 e. The summed E-state index contributed by atoms with van der Waals surface area (Å²) in [5, 5.41) is 0. The molecule has 1 nitrogen and oxygen atoms in total. The highest BCUT2D eigenvalue weighted by molar-refractivity contribution is 9.10. The topological polar surface area (TPSA) is 3.24 Å². The van der Waals surface area contributed by atoms with Gasteiger partial charge in [0.15, 0.2) is 0 Å². The van der Waals surface area contributed by atoms with Gasteiger partial charge in [-0.15, -0.1) is 0 Å². The van der Waals surface area contributed by atoms with Crippen molar-refractivity contribution in [3.05, 3.63) is 34.1 Å². The fourth-order valence-corrected chi connectivity index (χ4v) is 2.84. The van der Waals surface area contributed by atoms with Crippen LogP contribution in [-0.2, 0) is 6.54 Å². The summed E-state index contributed by atoms with van der Waals surface area (Å²) >= 11 is 6.89. The summed E-state index contributed by atoms with van der Waals surface area (Å²) in [6.07, 6.45) is 1.17. The van der Waals surface area contributed by atoms with Gasteiger partial charge < -0.3 is 0 Å². The van der Waals surface area contributed by atoms with E-state index in [9.17, 15) is 4.39 Å². The average molecular weight is 337 g/mol. The molecule has 0 bridgehead atoms. The summed E-state index contributed by atoms with van der Waals surface area (Å²) < 4.78 is 13.9. The van der Waals surface area contributed by atoms with Crippen molar-refractivity contribution in [1.29, 1.82) is 0 Å². The molecule has 0 radical (unpaired) electrons. The maximum absolute atomic E-state index is 13.3. The predicted octanol–water partition coefficient (Wildman–Crippen LogP) is 3.56. The van der Waals surface area contributed by atoms with E-state index in [-0.39, 0.29) is 5.82 Å². The number of halogens is 3. The molecule has 1 aromatic carbocycles. The van der Waals surface area contributed by atoms with Gasteiger partial charge in [0.05, 0.1) is 4.47 Å². The van der Waals surface area contributed by atoms with Crippen LogP contribution in [0.2, 0.25) is 0 Å². The van der Waals surface area contributed by atoms with Gasteiger partial charge in [0, 0.05) is 17.9 Å². The van der Waals surface area contributed by atoms with Gasteiger partial charge in [-0.05, 0) is 40.5 Å². The smallest absolute Gasteiger partial charge is 0.137 e. The minimum atomic E-state index is -0.179. The van der Waals surface area contributed by atoms with Crippen LogP contribution in [0.3, 0.4) is 0 Å². The van der Waals surface area contributed by atoms with Gasteiger partial charge in [-0.1, -0.05) is 28.1 Å². The Kier molecular flexibility index (Phi) is 3.80. The van der Waals surface area contributed by atoms with Gasteiger partial charge >= 0.3 is 0 Å². The number of alkyl halides is 1. The Hall–Kier alpha value is 0.0700. The zero-order valence-corrected chi connectivity index (χ0v) is 11.4. The molecule has 1 unspecified atom stereocenters. The van der Waals surface area contributed by atoms with Crippen molar-refractivity contribution in [2.75, 3.05) is 13.1 Å². The molecule has 1 heterocycles. The van der Waals surface area contributed by atoms with E-state index in [2.05, 4.69) is 36.8 Å². The second kappa shape index (κ2) is 4.93. The summed E-state index contributed by atoms with van der Waals surface area (Å²) in [5.41, 5.74) is 1.02. The SMILES string of the molecule is Fc1cccc(CN2CCC(Br)C2)c1Br. The first kappa shape index (κ1) is 11.6. The maximum atomic E-state index is 13.3. The molecule has 82 valence electrons. The zero-order valence-electron chi connectivity index (χ0n) is 8.22. The Balaban J connectivity index is 2.07. The molecule has 0 saturated carbocycles. The van der Waals surface area contributed by atoms with Crippen LogP contribution >= 0.6 is 31.9 Å². The van der Waals surface area contributed by atoms with Gasteiger partial charge in [0.25, 0.3) is 0 Å². The molecule has 1 atom stereocenters. The van der Waals surface area contributed by atoms with Crippen molar-refractivity contribution in [1.82, 2.24) is 4.90 Å². The number of rotatable bonds is 2. The molecular formula is C11H12Br2FN. The van der Waals surface area contributed by atoms with Crippen LogP contribution in [0.25, 0.3) is 0 Å². The number of hydrogen-bond donors (Lipinski definition) is 0. The highest BCUT2D eigenvalue weighted by atomic mass is 79.9. The molecular weight excluding hydrogens is 325 g/mol. The second-order valence-electron chi connectivity index (χ2n) is 3.83. The fraction of sp³-hybridized carbons (Fsp3) is 0.455. The molecule has 4 heteroatoms. The minimum absolute atomic E-state index is 0.179. The number of likely N-dealkylation sites (tertiary alicyclic amines) is 1. The lowest BCUT2D eigenvalue weighted by molar-refractivity contribution is 0.331. The monoisotopic (exact) mass is 335 g/mol. The van der Waals surface area contributed by atoms with Crippen LogP contribution in [0, 0.1) is 5.82 Å². The van der Waals surface area contributed by atoms with Crippen molar-refractivity contribution in [3.8, 4) is 0 Å².